The molecule has 1 saturated heterocycles. The van der Waals surface area contributed by atoms with Gasteiger partial charge in [-0.1, -0.05) is 6.58 Å². The quantitative estimate of drug-likeness (QED) is 0.570. The molecule has 0 radical (unpaired) electrons. The summed E-state index contributed by atoms with van der Waals surface area (Å²) in [5.41, 5.74) is 0. The molecule has 1 aliphatic heterocycles. The number of ether oxygens (including phenoxy) is 1. The zero-order valence-corrected chi connectivity index (χ0v) is 7.47. The van der Waals surface area contributed by atoms with Gasteiger partial charge in [0.15, 0.2) is 0 Å². The molecule has 1 fully saturated rings. The Morgan fingerprint density at radius 3 is 2.82 bits per heavy atom. The highest BCUT2D eigenvalue weighted by Gasteiger charge is 2.13. The molecule has 1 aliphatic rings. The summed E-state index contributed by atoms with van der Waals surface area (Å²) in [5.74, 6) is 0.938. The maximum atomic E-state index is 5.35. The van der Waals surface area contributed by atoms with Crippen LogP contribution in [0, 0.1) is 0 Å². The zero-order chi connectivity index (χ0) is 8.27. The van der Waals surface area contributed by atoms with Gasteiger partial charge in [-0.3, -0.25) is 4.90 Å². The van der Waals surface area contributed by atoms with Crippen LogP contribution in [0.5, 0.6) is 0 Å². The molecule has 0 saturated carbocycles. The van der Waals surface area contributed by atoms with Crippen LogP contribution in [0.4, 0.5) is 0 Å². The van der Waals surface area contributed by atoms with Crippen LogP contribution in [-0.2, 0) is 4.74 Å². The summed E-state index contributed by atoms with van der Waals surface area (Å²) < 4.78 is 5.35. The summed E-state index contributed by atoms with van der Waals surface area (Å²) in [6.45, 7) is 11.2. The summed E-state index contributed by atoms with van der Waals surface area (Å²) in [4.78, 5) is 2.41. The van der Waals surface area contributed by atoms with Gasteiger partial charge in [-0.2, -0.15) is 0 Å². The van der Waals surface area contributed by atoms with Gasteiger partial charge in [0.1, 0.15) is 6.61 Å². The first kappa shape index (κ1) is 8.60. The number of hydrogen-bond donors (Lipinski definition) is 0. The van der Waals surface area contributed by atoms with E-state index in [1.165, 1.54) is 0 Å². The lowest BCUT2D eigenvalue weighted by atomic mass is 10.3. The highest BCUT2D eigenvalue weighted by molar-refractivity contribution is 4.86. The third kappa shape index (κ3) is 2.54. The van der Waals surface area contributed by atoms with E-state index in [0.717, 1.165) is 31.9 Å². The number of nitrogens with zero attached hydrogens (tertiary/aromatic N) is 1. The summed E-state index contributed by atoms with van der Waals surface area (Å²) >= 11 is 0. The first-order chi connectivity index (χ1) is 5.20. The van der Waals surface area contributed by atoms with Crippen molar-refractivity contribution in [2.75, 3.05) is 19.7 Å². The Bertz CT molecular complexity index is 142. The van der Waals surface area contributed by atoms with Crippen LogP contribution >= 0.6 is 0 Å². The molecule has 0 amide bonds. The van der Waals surface area contributed by atoms with Crippen molar-refractivity contribution in [3.63, 3.8) is 0 Å². The fraction of sp³-hybridized carbons (Fsp3) is 0.778. The Labute approximate surface area is 68.8 Å². The van der Waals surface area contributed by atoms with Gasteiger partial charge in [0, 0.05) is 25.6 Å². The first-order valence-electron chi connectivity index (χ1n) is 4.25. The Kier molecular flexibility index (Phi) is 2.94. The van der Waals surface area contributed by atoms with Crippen molar-refractivity contribution in [3.8, 4) is 0 Å². The Hall–Kier alpha value is -0.500. The smallest absolute Gasteiger partial charge is 0.100 e. The van der Waals surface area contributed by atoms with E-state index in [4.69, 9.17) is 4.74 Å². The molecule has 11 heavy (non-hydrogen) atoms. The average molecular weight is 155 g/mol. The third-order valence-electron chi connectivity index (χ3n) is 2.09. The van der Waals surface area contributed by atoms with Crippen molar-refractivity contribution in [3.05, 3.63) is 12.3 Å². The van der Waals surface area contributed by atoms with E-state index >= 15 is 0 Å². The van der Waals surface area contributed by atoms with Crippen LogP contribution in [0.1, 0.15) is 20.3 Å². The van der Waals surface area contributed by atoms with Gasteiger partial charge in [-0.05, 0) is 13.8 Å². The Morgan fingerprint density at radius 1 is 1.45 bits per heavy atom. The van der Waals surface area contributed by atoms with Gasteiger partial charge < -0.3 is 4.74 Å². The summed E-state index contributed by atoms with van der Waals surface area (Å²) in [6.07, 6.45) is 0.984. The standard InChI is InChI=1S/C9H17NO/c1-8(2)10-5-4-9(3)11-7-6-10/h8H,3-7H2,1-2H3. The molecule has 0 unspecified atom stereocenters. The van der Waals surface area contributed by atoms with Gasteiger partial charge >= 0.3 is 0 Å². The Morgan fingerprint density at radius 2 is 2.18 bits per heavy atom. The van der Waals surface area contributed by atoms with E-state index in [1.54, 1.807) is 0 Å². The van der Waals surface area contributed by atoms with Gasteiger partial charge in [-0.25, -0.2) is 0 Å². The molecule has 0 aromatic rings. The molecular weight excluding hydrogens is 138 g/mol. The normalized spacial score (nSPS) is 21.5. The lowest BCUT2D eigenvalue weighted by molar-refractivity contribution is 0.177. The minimum Gasteiger partial charge on any atom is -0.497 e. The van der Waals surface area contributed by atoms with Gasteiger partial charge in [0.05, 0.1) is 5.76 Å². The van der Waals surface area contributed by atoms with E-state index in [1.807, 2.05) is 0 Å². The molecule has 2 nitrogen and oxygen atoms in total. The molecule has 0 bridgehead atoms. The molecular formula is C9H17NO. The molecule has 2 heteroatoms. The van der Waals surface area contributed by atoms with Crippen molar-refractivity contribution in [1.29, 1.82) is 0 Å². The molecule has 64 valence electrons. The maximum absolute atomic E-state index is 5.35. The predicted octanol–water partition coefficient (Wildman–Crippen LogP) is 1.63. The zero-order valence-electron chi connectivity index (χ0n) is 7.47. The second-order valence-corrected chi connectivity index (χ2v) is 3.27. The van der Waals surface area contributed by atoms with Crippen molar-refractivity contribution in [2.45, 2.75) is 26.3 Å². The molecule has 1 rings (SSSR count). The predicted molar refractivity (Wildman–Crippen MR) is 46.4 cm³/mol. The van der Waals surface area contributed by atoms with Crippen LogP contribution in [0.3, 0.4) is 0 Å². The molecule has 0 N–H and O–H groups in total. The van der Waals surface area contributed by atoms with E-state index in [2.05, 4.69) is 25.3 Å². The molecule has 0 spiro atoms. The summed E-state index contributed by atoms with van der Waals surface area (Å²) in [5, 5.41) is 0. The third-order valence-corrected chi connectivity index (χ3v) is 2.09. The first-order valence-corrected chi connectivity index (χ1v) is 4.25. The maximum Gasteiger partial charge on any atom is 0.100 e. The van der Waals surface area contributed by atoms with Crippen LogP contribution in [-0.4, -0.2) is 30.6 Å². The van der Waals surface area contributed by atoms with Crippen LogP contribution in [0.2, 0.25) is 0 Å². The molecule has 1 heterocycles. The molecule has 0 atom stereocenters. The van der Waals surface area contributed by atoms with Gasteiger partial charge in [0.2, 0.25) is 0 Å². The monoisotopic (exact) mass is 155 g/mol. The van der Waals surface area contributed by atoms with E-state index in [-0.39, 0.29) is 0 Å². The fourth-order valence-electron chi connectivity index (χ4n) is 1.28. The molecule has 0 aliphatic carbocycles. The summed E-state index contributed by atoms with van der Waals surface area (Å²) in [6, 6.07) is 0.629. The number of rotatable bonds is 1. The topological polar surface area (TPSA) is 12.5 Å². The van der Waals surface area contributed by atoms with Crippen molar-refractivity contribution >= 4 is 0 Å². The Balaban J connectivity index is 2.40. The van der Waals surface area contributed by atoms with Crippen LogP contribution in [0.25, 0.3) is 0 Å². The average Bonchev–Trinajstić information content (AvgIpc) is 2.13. The highest BCUT2D eigenvalue weighted by atomic mass is 16.5. The SMILES string of the molecule is C=C1CCN(C(C)C)CCO1. The lowest BCUT2D eigenvalue weighted by Gasteiger charge is -2.22. The largest absolute Gasteiger partial charge is 0.497 e. The lowest BCUT2D eigenvalue weighted by Crippen LogP contribution is -2.32. The second kappa shape index (κ2) is 3.77. The van der Waals surface area contributed by atoms with Gasteiger partial charge in [0.25, 0.3) is 0 Å². The fourth-order valence-corrected chi connectivity index (χ4v) is 1.28. The molecule has 0 aromatic carbocycles. The van der Waals surface area contributed by atoms with Crippen LogP contribution < -0.4 is 0 Å². The van der Waals surface area contributed by atoms with Gasteiger partial charge in [-0.15, -0.1) is 0 Å². The van der Waals surface area contributed by atoms with E-state index < -0.39 is 0 Å². The van der Waals surface area contributed by atoms with Crippen LogP contribution in [0.15, 0.2) is 12.3 Å². The minimum absolute atomic E-state index is 0.629. The second-order valence-electron chi connectivity index (χ2n) is 3.27. The van der Waals surface area contributed by atoms with Crippen molar-refractivity contribution in [1.82, 2.24) is 4.90 Å². The van der Waals surface area contributed by atoms with E-state index in [0.29, 0.717) is 6.04 Å². The van der Waals surface area contributed by atoms with Crippen molar-refractivity contribution in [2.24, 2.45) is 0 Å². The minimum atomic E-state index is 0.629. The molecule has 0 aromatic heterocycles. The number of hydrogen-bond acceptors (Lipinski definition) is 2. The van der Waals surface area contributed by atoms with Crippen molar-refractivity contribution < 1.29 is 4.74 Å². The highest BCUT2D eigenvalue weighted by Crippen LogP contribution is 2.10. The summed E-state index contributed by atoms with van der Waals surface area (Å²) in [7, 11) is 0. The van der Waals surface area contributed by atoms with E-state index in [9.17, 15) is 0 Å².